The van der Waals surface area contributed by atoms with E-state index in [9.17, 15) is 19.5 Å². The highest BCUT2D eigenvalue weighted by Crippen LogP contribution is 2.18. The molecule has 0 spiro atoms. The molecule has 0 aromatic rings. The van der Waals surface area contributed by atoms with E-state index in [0.717, 1.165) is 19.4 Å². The lowest BCUT2D eigenvalue weighted by molar-refractivity contribution is -0.928. The van der Waals surface area contributed by atoms with E-state index in [1.54, 1.807) is 0 Å². The van der Waals surface area contributed by atoms with Gasteiger partial charge in [0.05, 0.1) is 39.0 Å². The number of allylic oxidation sites excluding steroid dienone is 1. The lowest BCUT2D eigenvalue weighted by atomic mass is 10.0. The van der Waals surface area contributed by atoms with Gasteiger partial charge in [0.1, 0.15) is 0 Å². The predicted octanol–water partition coefficient (Wildman–Crippen LogP) is 8.44. The van der Waals surface area contributed by atoms with Crippen molar-refractivity contribution in [2.75, 3.05) is 26.2 Å². The van der Waals surface area contributed by atoms with Gasteiger partial charge < -0.3 is 24.6 Å². The highest BCUT2D eigenvalue weighted by Gasteiger charge is 2.26. The molecule has 0 saturated heterocycles. The summed E-state index contributed by atoms with van der Waals surface area (Å²) in [5, 5.41) is 29.1. The summed E-state index contributed by atoms with van der Waals surface area (Å²) in [6, 6.07) is 0. The van der Waals surface area contributed by atoms with Crippen LogP contribution in [0, 0.1) is 0 Å². The molecular formula is C36H67NO6. The van der Waals surface area contributed by atoms with E-state index in [1.807, 2.05) is 0 Å². The molecule has 0 fully saturated rings. The van der Waals surface area contributed by atoms with Gasteiger partial charge in [0.25, 0.3) is 0 Å². The van der Waals surface area contributed by atoms with Gasteiger partial charge in [-0.15, -0.1) is 0 Å². The summed E-state index contributed by atoms with van der Waals surface area (Å²) in [6.07, 6.45) is 32.6. The predicted molar refractivity (Wildman–Crippen MR) is 175 cm³/mol. The minimum absolute atomic E-state index is 0.0347. The molecule has 0 aromatic carbocycles. The second-order valence-electron chi connectivity index (χ2n) is 12.8. The van der Waals surface area contributed by atoms with E-state index < -0.39 is 17.9 Å². The number of nitrogens with zero attached hydrogens (tertiary/aromatic N) is 1. The molecule has 43 heavy (non-hydrogen) atoms. The first-order valence-corrected chi connectivity index (χ1v) is 17.9. The molecule has 0 unspecified atom stereocenters. The number of quaternary nitrogens is 1. The van der Waals surface area contributed by atoms with Crippen LogP contribution in [0.1, 0.15) is 174 Å². The lowest BCUT2D eigenvalue weighted by Crippen LogP contribution is -2.51. The minimum atomic E-state index is -1.08. The van der Waals surface area contributed by atoms with Crippen molar-refractivity contribution in [1.82, 2.24) is 0 Å². The maximum absolute atomic E-state index is 11.1. The molecule has 7 heteroatoms. The van der Waals surface area contributed by atoms with Gasteiger partial charge in [-0.3, -0.25) is 9.59 Å². The molecule has 0 bridgehead atoms. The zero-order chi connectivity index (χ0) is 31.9. The Balaban J connectivity index is 4.05. The van der Waals surface area contributed by atoms with Crippen molar-refractivity contribution in [1.29, 1.82) is 0 Å². The van der Waals surface area contributed by atoms with E-state index in [4.69, 9.17) is 10.2 Å². The Morgan fingerprint density at radius 1 is 0.488 bits per heavy atom. The van der Waals surface area contributed by atoms with Crippen molar-refractivity contribution >= 4 is 17.9 Å². The van der Waals surface area contributed by atoms with Crippen LogP contribution in [0.5, 0.6) is 0 Å². The van der Waals surface area contributed by atoms with Crippen LogP contribution in [-0.2, 0) is 14.4 Å². The first-order chi connectivity index (χ1) is 20.8. The van der Waals surface area contributed by atoms with Crippen LogP contribution < -0.4 is 5.11 Å². The van der Waals surface area contributed by atoms with E-state index in [1.165, 1.54) is 116 Å². The number of hydrogen-bond acceptors (Lipinski definition) is 4. The summed E-state index contributed by atoms with van der Waals surface area (Å²) >= 11 is 0. The average Bonchev–Trinajstić information content (AvgIpc) is 2.95. The standard InChI is InChI=1S/C36H67NO6/c1-2-3-4-5-6-7-8-9-10-11-12-13-14-15-16-17-18-19-20-21-22-23-30-37(31-24-27-34(38)39,32-25-28-35(40)41)33-26-29-36(42)43/h21-22H,2-20,23-33H2,1H3,(H2-,38,39,40,41,42,43)/b22-21+. The summed E-state index contributed by atoms with van der Waals surface area (Å²) in [5.74, 6) is -2.77. The van der Waals surface area contributed by atoms with Crippen molar-refractivity contribution < 1.29 is 34.2 Å². The van der Waals surface area contributed by atoms with Crippen LogP contribution in [-0.4, -0.2) is 58.8 Å². The second kappa shape index (κ2) is 30.1. The minimum Gasteiger partial charge on any atom is -0.550 e. The molecule has 0 aliphatic rings. The normalized spacial score (nSPS) is 11.8. The quantitative estimate of drug-likeness (QED) is 0.0430. The summed E-state index contributed by atoms with van der Waals surface area (Å²) in [6.45, 7) is 4.87. The first-order valence-electron chi connectivity index (χ1n) is 17.9. The van der Waals surface area contributed by atoms with Crippen LogP contribution >= 0.6 is 0 Å². The van der Waals surface area contributed by atoms with Crippen LogP contribution in [0.25, 0.3) is 0 Å². The number of hydrogen-bond donors (Lipinski definition) is 2. The zero-order valence-electron chi connectivity index (χ0n) is 27.8. The largest absolute Gasteiger partial charge is 0.550 e. The van der Waals surface area contributed by atoms with E-state index >= 15 is 0 Å². The molecule has 2 N–H and O–H groups in total. The summed E-state index contributed by atoms with van der Waals surface area (Å²) in [7, 11) is 0. The molecular weight excluding hydrogens is 542 g/mol. The van der Waals surface area contributed by atoms with Crippen molar-refractivity contribution in [3.8, 4) is 0 Å². The molecule has 0 atom stereocenters. The smallest absolute Gasteiger partial charge is 0.303 e. The molecule has 0 saturated carbocycles. The van der Waals surface area contributed by atoms with E-state index in [-0.39, 0.29) is 19.3 Å². The fourth-order valence-electron chi connectivity index (χ4n) is 6.11. The zero-order valence-corrected chi connectivity index (χ0v) is 27.8. The van der Waals surface area contributed by atoms with Crippen LogP contribution in [0.4, 0.5) is 0 Å². The van der Waals surface area contributed by atoms with Crippen LogP contribution in [0.2, 0.25) is 0 Å². The van der Waals surface area contributed by atoms with Gasteiger partial charge in [0.15, 0.2) is 0 Å². The molecule has 0 aromatic heterocycles. The van der Waals surface area contributed by atoms with E-state index in [0.29, 0.717) is 43.4 Å². The Bertz CT molecular complexity index is 658. The number of carboxylic acids is 3. The van der Waals surface area contributed by atoms with Gasteiger partial charge in [0, 0.05) is 31.7 Å². The number of carboxylic acid groups (broad SMARTS) is 3. The van der Waals surface area contributed by atoms with Gasteiger partial charge in [-0.1, -0.05) is 128 Å². The highest BCUT2D eigenvalue weighted by atomic mass is 16.4. The maximum Gasteiger partial charge on any atom is 0.303 e. The SMILES string of the molecule is CCCCCCCCCCCCCCCCCCCC/C=C/CC[N+](CCCC(=O)[O-])(CCCC(=O)O)CCCC(=O)O. The van der Waals surface area contributed by atoms with Crippen molar-refractivity contribution in [3.05, 3.63) is 12.2 Å². The molecule has 0 aliphatic carbocycles. The summed E-state index contributed by atoms with van der Waals surface area (Å²) < 4.78 is 0.567. The number of carbonyl (C=O) groups excluding carboxylic acids is 1. The number of aliphatic carboxylic acids is 3. The van der Waals surface area contributed by atoms with Gasteiger partial charge in [-0.05, 0) is 19.3 Å². The van der Waals surface area contributed by atoms with E-state index in [2.05, 4.69) is 19.1 Å². The van der Waals surface area contributed by atoms with Crippen LogP contribution in [0.3, 0.4) is 0 Å². The molecule has 0 aliphatic heterocycles. The number of unbranched alkanes of at least 4 members (excludes halogenated alkanes) is 18. The van der Waals surface area contributed by atoms with Crippen molar-refractivity contribution in [3.63, 3.8) is 0 Å². The number of rotatable bonds is 34. The van der Waals surface area contributed by atoms with Gasteiger partial charge in [-0.25, -0.2) is 0 Å². The molecule has 0 radical (unpaired) electrons. The summed E-state index contributed by atoms with van der Waals surface area (Å²) in [5.41, 5.74) is 0. The maximum atomic E-state index is 11.1. The monoisotopic (exact) mass is 609 g/mol. The second-order valence-corrected chi connectivity index (χ2v) is 12.8. The molecule has 7 nitrogen and oxygen atoms in total. The Morgan fingerprint density at radius 3 is 1.21 bits per heavy atom. The first kappa shape index (κ1) is 41.1. The van der Waals surface area contributed by atoms with Gasteiger partial charge in [-0.2, -0.15) is 0 Å². The Morgan fingerprint density at radius 2 is 0.837 bits per heavy atom. The fourth-order valence-corrected chi connectivity index (χ4v) is 6.11. The topological polar surface area (TPSA) is 115 Å². The Hall–Kier alpha value is -1.89. The molecule has 0 heterocycles. The van der Waals surface area contributed by atoms with Crippen molar-refractivity contribution in [2.24, 2.45) is 0 Å². The lowest BCUT2D eigenvalue weighted by Gasteiger charge is -2.39. The molecule has 252 valence electrons. The number of carbonyl (C=O) groups is 3. The highest BCUT2D eigenvalue weighted by molar-refractivity contribution is 5.66. The summed E-state index contributed by atoms with van der Waals surface area (Å²) in [4.78, 5) is 33.1. The third-order valence-electron chi connectivity index (χ3n) is 8.72. The third kappa shape index (κ3) is 29.9. The average molecular weight is 610 g/mol. The fraction of sp³-hybridized carbons (Fsp3) is 0.861. The molecule has 0 amide bonds. The third-order valence-corrected chi connectivity index (χ3v) is 8.72. The van der Waals surface area contributed by atoms with Crippen molar-refractivity contribution in [2.45, 2.75) is 174 Å². The Kier molecular flexibility index (Phi) is 28.8. The Labute approximate surface area is 264 Å². The van der Waals surface area contributed by atoms with Crippen LogP contribution in [0.15, 0.2) is 12.2 Å². The molecule has 0 rings (SSSR count). The van der Waals surface area contributed by atoms with Gasteiger partial charge >= 0.3 is 11.9 Å². The van der Waals surface area contributed by atoms with Gasteiger partial charge in [0.2, 0.25) is 0 Å².